The van der Waals surface area contributed by atoms with Crippen molar-refractivity contribution < 1.29 is 14.3 Å². The predicted molar refractivity (Wildman–Crippen MR) is 84.8 cm³/mol. The summed E-state index contributed by atoms with van der Waals surface area (Å²) in [4.78, 5) is 24.1. The second-order valence-electron chi connectivity index (χ2n) is 4.20. The lowest BCUT2D eigenvalue weighted by molar-refractivity contribution is 0.0605. The van der Waals surface area contributed by atoms with Crippen molar-refractivity contribution in [2.75, 3.05) is 12.4 Å². The molecule has 7 heteroatoms. The first-order valence-corrected chi connectivity index (χ1v) is 7.44. The number of halogens is 2. The molecule has 1 heterocycles. The van der Waals surface area contributed by atoms with Gasteiger partial charge < -0.3 is 10.1 Å². The topological polar surface area (TPSA) is 55.4 Å². The number of hydrogen-bond donors (Lipinski definition) is 1. The quantitative estimate of drug-likeness (QED) is 0.840. The summed E-state index contributed by atoms with van der Waals surface area (Å²) in [7, 11) is 1.31. The third kappa shape index (κ3) is 3.56. The molecule has 1 aromatic heterocycles. The lowest BCUT2D eigenvalue weighted by Gasteiger charge is -2.03. The molecule has 0 aliphatic carbocycles. The van der Waals surface area contributed by atoms with Gasteiger partial charge in [-0.3, -0.25) is 4.79 Å². The SMILES string of the molecule is COC(=O)c1sc(NC(=O)c2ccc(Cl)c(Cl)c2)cc1C. The summed E-state index contributed by atoms with van der Waals surface area (Å²) in [6.45, 7) is 1.78. The van der Waals surface area contributed by atoms with E-state index in [4.69, 9.17) is 23.2 Å². The van der Waals surface area contributed by atoms with Crippen molar-refractivity contribution >= 4 is 51.4 Å². The normalized spacial score (nSPS) is 10.3. The average Bonchev–Trinajstić information content (AvgIpc) is 2.81. The number of nitrogens with one attached hydrogen (secondary N) is 1. The molecule has 21 heavy (non-hydrogen) atoms. The molecule has 2 rings (SSSR count). The summed E-state index contributed by atoms with van der Waals surface area (Å²) in [5, 5.41) is 3.96. The highest BCUT2D eigenvalue weighted by Gasteiger charge is 2.16. The van der Waals surface area contributed by atoms with Gasteiger partial charge >= 0.3 is 5.97 Å². The Labute approximate surface area is 135 Å². The van der Waals surface area contributed by atoms with Crippen molar-refractivity contribution in [3.05, 3.63) is 50.3 Å². The number of esters is 1. The summed E-state index contributed by atoms with van der Waals surface area (Å²) < 4.78 is 4.68. The second-order valence-corrected chi connectivity index (χ2v) is 6.06. The first kappa shape index (κ1) is 15.8. The maximum absolute atomic E-state index is 12.1. The second kappa shape index (κ2) is 6.47. The Morgan fingerprint density at radius 1 is 1.19 bits per heavy atom. The third-order valence-corrected chi connectivity index (χ3v) is 4.58. The van der Waals surface area contributed by atoms with E-state index in [0.717, 1.165) is 16.9 Å². The molecule has 0 saturated heterocycles. The van der Waals surface area contributed by atoms with Crippen LogP contribution >= 0.6 is 34.5 Å². The number of carbonyl (C=O) groups excluding carboxylic acids is 2. The number of anilines is 1. The smallest absolute Gasteiger partial charge is 0.348 e. The Kier molecular flexibility index (Phi) is 4.88. The highest BCUT2D eigenvalue weighted by atomic mass is 35.5. The predicted octanol–water partition coefficient (Wildman–Crippen LogP) is 4.40. The maximum Gasteiger partial charge on any atom is 0.348 e. The van der Waals surface area contributed by atoms with Crippen LogP contribution < -0.4 is 5.32 Å². The number of carbonyl (C=O) groups is 2. The van der Waals surface area contributed by atoms with Gasteiger partial charge in [0, 0.05) is 5.56 Å². The molecule has 0 aliphatic heterocycles. The van der Waals surface area contributed by atoms with Crippen LogP contribution in [0.2, 0.25) is 10.0 Å². The maximum atomic E-state index is 12.1. The van der Waals surface area contributed by atoms with E-state index in [9.17, 15) is 9.59 Å². The van der Waals surface area contributed by atoms with E-state index in [2.05, 4.69) is 10.1 Å². The van der Waals surface area contributed by atoms with Crippen molar-refractivity contribution in [3.8, 4) is 0 Å². The summed E-state index contributed by atoms with van der Waals surface area (Å²) >= 11 is 12.8. The molecule has 1 N–H and O–H groups in total. The van der Waals surface area contributed by atoms with Gasteiger partial charge in [0.1, 0.15) is 4.88 Å². The van der Waals surface area contributed by atoms with Crippen LogP contribution in [0.5, 0.6) is 0 Å². The first-order valence-electron chi connectivity index (χ1n) is 5.87. The van der Waals surface area contributed by atoms with Crippen LogP contribution in [0.15, 0.2) is 24.3 Å². The minimum atomic E-state index is -0.424. The van der Waals surface area contributed by atoms with Gasteiger partial charge in [-0.05, 0) is 36.8 Å². The third-order valence-electron chi connectivity index (χ3n) is 2.71. The Morgan fingerprint density at radius 2 is 1.90 bits per heavy atom. The van der Waals surface area contributed by atoms with Gasteiger partial charge in [0.05, 0.1) is 22.2 Å². The van der Waals surface area contributed by atoms with Gasteiger partial charge in [0.15, 0.2) is 0 Å². The number of methoxy groups -OCH3 is 1. The van der Waals surface area contributed by atoms with Gasteiger partial charge in [-0.15, -0.1) is 11.3 Å². The fraction of sp³-hybridized carbons (Fsp3) is 0.143. The van der Waals surface area contributed by atoms with Gasteiger partial charge in [-0.2, -0.15) is 0 Å². The molecule has 1 amide bonds. The van der Waals surface area contributed by atoms with Crippen LogP contribution in [-0.4, -0.2) is 19.0 Å². The standard InChI is InChI=1S/C14H11Cl2NO3S/c1-7-5-11(21-12(7)14(19)20-2)17-13(18)8-3-4-9(15)10(16)6-8/h3-6H,1-2H3,(H,17,18). The number of thiophene rings is 1. The highest BCUT2D eigenvalue weighted by molar-refractivity contribution is 7.18. The Bertz CT molecular complexity index is 712. The van der Waals surface area contributed by atoms with E-state index in [-0.39, 0.29) is 5.91 Å². The van der Waals surface area contributed by atoms with Crippen molar-refractivity contribution in [2.24, 2.45) is 0 Å². The molecule has 110 valence electrons. The number of rotatable bonds is 3. The van der Waals surface area contributed by atoms with Crippen molar-refractivity contribution in [1.82, 2.24) is 0 Å². The molecule has 1 aromatic carbocycles. The summed E-state index contributed by atoms with van der Waals surface area (Å²) in [5.41, 5.74) is 1.13. The zero-order valence-electron chi connectivity index (χ0n) is 11.2. The number of benzene rings is 1. The molecular formula is C14H11Cl2NO3S. The van der Waals surface area contributed by atoms with Crippen molar-refractivity contribution in [1.29, 1.82) is 0 Å². The van der Waals surface area contributed by atoms with Gasteiger partial charge in [-0.25, -0.2) is 4.79 Å². The number of amides is 1. The van der Waals surface area contributed by atoms with Crippen LogP contribution in [-0.2, 0) is 4.74 Å². The Balaban J connectivity index is 2.19. The van der Waals surface area contributed by atoms with Gasteiger partial charge in [0.25, 0.3) is 5.91 Å². The lowest BCUT2D eigenvalue weighted by atomic mass is 10.2. The van der Waals surface area contributed by atoms with E-state index >= 15 is 0 Å². The van der Waals surface area contributed by atoms with E-state index in [0.29, 0.717) is 25.5 Å². The largest absolute Gasteiger partial charge is 0.465 e. The van der Waals surface area contributed by atoms with E-state index in [1.807, 2.05) is 0 Å². The Morgan fingerprint density at radius 3 is 2.52 bits per heavy atom. The highest BCUT2D eigenvalue weighted by Crippen LogP contribution is 2.28. The van der Waals surface area contributed by atoms with Crippen LogP contribution in [0.4, 0.5) is 5.00 Å². The average molecular weight is 344 g/mol. The molecule has 0 aliphatic rings. The fourth-order valence-electron chi connectivity index (χ4n) is 1.66. The molecule has 0 radical (unpaired) electrons. The molecular weight excluding hydrogens is 333 g/mol. The summed E-state index contributed by atoms with van der Waals surface area (Å²) in [5.74, 6) is -0.751. The zero-order chi connectivity index (χ0) is 15.6. The minimum absolute atomic E-state index is 0.307. The fourth-order valence-corrected chi connectivity index (χ4v) is 2.94. The van der Waals surface area contributed by atoms with E-state index in [1.54, 1.807) is 25.1 Å². The molecule has 0 spiro atoms. The summed E-state index contributed by atoms with van der Waals surface area (Å²) in [6.07, 6.45) is 0. The van der Waals surface area contributed by atoms with E-state index in [1.165, 1.54) is 13.2 Å². The zero-order valence-corrected chi connectivity index (χ0v) is 13.5. The number of hydrogen-bond acceptors (Lipinski definition) is 4. The molecule has 0 fully saturated rings. The molecule has 4 nitrogen and oxygen atoms in total. The number of aryl methyl sites for hydroxylation is 1. The van der Waals surface area contributed by atoms with Crippen molar-refractivity contribution in [2.45, 2.75) is 6.92 Å². The van der Waals surface area contributed by atoms with E-state index < -0.39 is 5.97 Å². The van der Waals surface area contributed by atoms with Gasteiger partial charge in [0.2, 0.25) is 0 Å². The van der Waals surface area contributed by atoms with Crippen LogP contribution in [0.1, 0.15) is 25.6 Å². The van der Waals surface area contributed by atoms with Crippen LogP contribution in [0, 0.1) is 6.92 Å². The van der Waals surface area contributed by atoms with Gasteiger partial charge in [-0.1, -0.05) is 23.2 Å². The molecule has 0 atom stereocenters. The molecule has 2 aromatic rings. The number of ether oxygens (including phenoxy) is 1. The Hall–Kier alpha value is -1.56. The monoisotopic (exact) mass is 343 g/mol. The molecule has 0 unspecified atom stereocenters. The van der Waals surface area contributed by atoms with Crippen molar-refractivity contribution in [3.63, 3.8) is 0 Å². The summed E-state index contributed by atoms with van der Waals surface area (Å²) in [6, 6.07) is 6.33. The van der Waals surface area contributed by atoms with Crippen LogP contribution in [0.25, 0.3) is 0 Å². The first-order chi connectivity index (χ1) is 9.92. The minimum Gasteiger partial charge on any atom is -0.465 e. The molecule has 0 bridgehead atoms. The van der Waals surface area contributed by atoms with Crippen LogP contribution in [0.3, 0.4) is 0 Å². The lowest BCUT2D eigenvalue weighted by Crippen LogP contribution is -2.10. The molecule has 0 saturated carbocycles.